The van der Waals surface area contributed by atoms with Crippen LogP contribution in [0.2, 0.25) is 0 Å². The number of aromatic nitrogens is 4. The van der Waals surface area contributed by atoms with E-state index in [0.717, 1.165) is 80.6 Å². The molecule has 0 bridgehead atoms. The molecular weight excluding hydrogens is 378 g/mol. The van der Waals surface area contributed by atoms with Gasteiger partial charge in [0.1, 0.15) is 11.6 Å². The van der Waals surface area contributed by atoms with Crippen molar-refractivity contribution in [2.45, 2.75) is 63.8 Å². The Kier molecular flexibility index (Phi) is 5.41. The summed E-state index contributed by atoms with van der Waals surface area (Å²) in [7, 11) is 0. The van der Waals surface area contributed by atoms with Crippen LogP contribution in [0.4, 0.5) is 11.6 Å². The second-order valence-corrected chi connectivity index (χ2v) is 9.06. The maximum Gasteiger partial charge on any atom is 0.239 e. The fraction of sp³-hybridized carbons (Fsp3) is 0.636. The van der Waals surface area contributed by atoms with Gasteiger partial charge in [0.2, 0.25) is 5.91 Å². The van der Waals surface area contributed by atoms with Gasteiger partial charge in [-0.05, 0) is 64.3 Å². The highest BCUT2D eigenvalue weighted by atomic mass is 16.2. The van der Waals surface area contributed by atoms with Crippen molar-refractivity contribution in [3.63, 3.8) is 0 Å². The molecule has 1 saturated carbocycles. The molecule has 1 aliphatic carbocycles. The Balaban J connectivity index is 1.22. The van der Waals surface area contributed by atoms with Crippen LogP contribution >= 0.6 is 0 Å². The zero-order chi connectivity index (χ0) is 20.5. The summed E-state index contributed by atoms with van der Waals surface area (Å²) in [5.41, 5.74) is 2.12. The average Bonchev–Trinajstić information content (AvgIpc) is 3.30. The number of H-pyrrole nitrogens is 1. The van der Waals surface area contributed by atoms with Gasteiger partial charge in [-0.3, -0.25) is 9.89 Å². The Morgan fingerprint density at radius 1 is 1.13 bits per heavy atom. The van der Waals surface area contributed by atoms with E-state index < -0.39 is 0 Å². The summed E-state index contributed by atoms with van der Waals surface area (Å²) < 4.78 is 0. The van der Waals surface area contributed by atoms with Gasteiger partial charge < -0.3 is 15.5 Å². The number of nitrogens with zero attached hydrogens (tertiary/aromatic N) is 4. The number of aryl methyl sites for hydroxylation is 1. The monoisotopic (exact) mass is 409 g/mol. The number of hydrogen-bond acceptors (Lipinski definition) is 6. The average molecular weight is 410 g/mol. The first-order chi connectivity index (χ1) is 14.6. The molecule has 1 amide bonds. The van der Waals surface area contributed by atoms with Gasteiger partial charge in [0.05, 0.1) is 6.04 Å². The standard InChI is InChI=1S/C22H31N7O/c1-14-11-20(28-27-14)25-19-13-17(24-21(26-19)16-4-5-16)12-15-6-9-29(10-7-15)22(30)18-3-2-8-23-18/h11,13,15-16,18,23H,2-10,12H2,1H3,(H2,24,25,26,27,28)/t18-/m0/s1. The minimum atomic E-state index is 0.0452. The first-order valence-corrected chi connectivity index (χ1v) is 11.3. The maximum atomic E-state index is 12.6. The fourth-order valence-corrected chi connectivity index (χ4v) is 4.59. The molecule has 3 aliphatic rings. The third-order valence-electron chi connectivity index (χ3n) is 6.48. The molecule has 4 heterocycles. The van der Waals surface area contributed by atoms with E-state index >= 15 is 0 Å². The first kappa shape index (κ1) is 19.5. The minimum absolute atomic E-state index is 0.0452. The van der Waals surface area contributed by atoms with E-state index in [0.29, 0.717) is 17.7 Å². The van der Waals surface area contributed by atoms with E-state index in [1.807, 2.05) is 13.0 Å². The maximum absolute atomic E-state index is 12.6. The molecule has 0 aromatic carbocycles. The van der Waals surface area contributed by atoms with Crippen molar-refractivity contribution >= 4 is 17.5 Å². The van der Waals surface area contributed by atoms with Gasteiger partial charge in [-0.1, -0.05) is 0 Å². The molecule has 0 unspecified atom stereocenters. The highest BCUT2D eigenvalue weighted by molar-refractivity contribution is 5.82. The molecule has 5 rings (SSSR count). The summed E-state index contributed by atoms with van der Waals surface area (Å²) in [6, 6.07) is 4.09. The second kappa shape index (κ2) is 8.34. The van der Waals surface area contributed by atoms with E-state index in [1.165, 1.54) is 12.8 Å². The van der Waals surface area contributed by atoms with Crippen molar-refractivity contribution in [3.05, 3.63) is 29.3 Å². The lowest BCUT2D eigenvalue weighted by Gasteiger charge is -2.33. The minimum Gasteiger partial charge on any atom is -0.341 e. The van der Waals surface area contributed by atoms with Crippen LogP contribution in [0.15, 0.2) is 12.1 Å². The SMILES string of the molecule is Cc1cc(Nc2cc(CC3CCN(C(=O)[C@@H]4CCCN4)CC3)nc(C3CC3)n2)n[nH]1. The van der Waals surface area contributed by atoms with Gasteiger partial charge in [0.15, 0.2) is 5.82 Å². The number of aromatic amines is 1. The smallest absolute Gasteiger partial charge is 0.239 e. The van der Waals surface area contributed by atoms with E-state index in [-0.39, 0.29) is 6.04 Å². The Hall–Kier alpha value is -2.48. The van der Waals surface area contributed by atoms with Gasteiger partial charge in [-0.25, -0.2) is 9.97 Å². The van der Waals surface area contributed by atoms with Crippen LogP contribution in [-0.4, -0.2) is 56.6 Å². The third-order valence-corrected chi connectivity index (χ3v) is 6.48. The highest BCUT2D eigenvalue weighted by Crippen LogP contribution is 2.39. The van der Waals surface area contributed by atoms with Crippen molar-refractivity contribution < 1.29 is 4.79 Å². The van der Waals surface area contributed by atoms with Crippen LogP contribution in [0.1, 0.15) is 61.7 Å². The number of nitrogens with one attached hydrogen (secondary N) is 3. The van der Waals surface area contributed by atoms with Gasteiger partial charge in [0, 0.05) is 42.5 Å². The summed E-state index contributed by atoms with van der Waals surface area (Å²) in [6.45, 7) is 4.68. The zero-order valence-electron chi connectivity index (χ0n) is 17.7. The lowest BCUT2D eigenvalue weighted by atomic mass is 9.91. The summed E-state index contributed by atoms with van der Waals surface area (Å²) in [5.74, 6) is 3.93. The molecule has 8 nitrogen and oxygen atoms in total. The molecule has 0 radical (unpaired) electrons. The third kappa shape index (κ3) is 4.48. The normalized spacial score (nSPS) is 22.4. The number of amides is 1. The van der Waals surface area contributed by atoms with E-state index in [2.05, 4.69) is 31.8 Å². The fourth-order valence-electron chi connectivity index (χ4n) is 4.59. The van der Waals surface area contributed by atoms with E-state index in [1.54, 1.807) is 0 Å². The lowest BCUT2D eigenvalue weighted by molar-refractivity contribution is -0.134. The van der Waals surface area contributed by atoms with Crippen LogP contribution in [0.25, 0.3) is 0 Å². The number of carbonyl (C=O) groups is 1. The van der Waals surface area contributed by atoms with Gasteiger partial charge in [-0.15, -0.1) is 0 Å². The number of rotatable bonds is 6. The molecule has 3 fully saturated rings. The van der Waals surface area contributed by atoms with E-state index in [9.17, 15) is 4.79 Å². The quantitative estimate of drug-likeness (QED) is 0.678. The molecule has 8 heteroatoms. The predicted octanol–water partition coefficient (Wildman–Crippen LogP) is 2.66. The molecule has 0 spiro atoms. The topological polar surface area (TPSA) is 98.8 Å². The molecule has 2 aliphatic heterocycles. The molecule has 160 valence electrons. The van der Waals surface area contributed by atoms with Gasteiger partial charge in [0.25, 0.3) is 0 Å². The second-order valence-electron chi connectivity index (χ2n) is 9.06. The van der Waals surface area contributed by atoms with Crippen molar-refractivity contribution in [1.82, 2.24) is 30.4 Å². The Morgan fingerprint density at radius 2 is 1.97 bits per heavy atom. The largest absolute Gasteiger partial charge is 0.341 e. The summed E-state index contributed by atoms with van der Waals surface area (Å²) in [6.07, 6.45) is 7.48. The number of hydrogen-bond donors (Lipinski definition) is 3. The Morgan fingerprint density at radius 3 is 2.63 bits per heavy atom. The molecule has 30 heavy (non-hydrogen) atoms. The number of anilines is 2. The molecular formula is C22H31N7O. The summed E-state index contributed by atoms with van der Waals surface area (Å²) in [5, 5.41) is 13.9. The number of carbonyl (C=O) groups excluding carboxylic acids is 1. The van der Waals surface area contributed by atoms with Crippen LogP contribution < -0.4 is 10.6 Å². The van der Waals surface area contributed by atoms with Crippen LogP contribution in [0, 0.1) is 12.8 Å². The number of likely N-dealkylation sites (tertiary alicyclic amines) is 1. The Labute approximate surface area is 177 Å². The summed E-state index contributed by atoms with van der Waals surface area (Å²) in [4.78, 5) is 24.3. The molecule has 1 atom stereocenters. The lowest BCUT2D eigenvalue weighted by Crippen LogP contribution is -2.47. The highest BCUT2D eigenvalue weighted by Gasteiger charge is 2.31. The predicted molar refractivity (Wildman–Crippen MR) is 115 cm³/mol. The molecule has 2 aromatic heterocycles. The van der Waals surface area contributed by atoms with Gasteiger partial charge in [-0.2, -0.15) is 5.10 Å². The van der Waals surface area contributed by atoms with Gasteiger partial charge >= 0.3 is 0 Å². The van der Waals surface area contributed by atoms with Crippen LogP contribution in [-0.2, 0) is 11.2 Å². The van der Waals surface area contributed by atoms with Crippen LogP contribution in [0.3, 0.4) is 0 Å². The number of piperidine rings is 1. The first-order valence-electron chi connectivity index (χ1n) is 11.3. The van der Waals surface area contributed by atoms with Crippen LogP contribution in [0.5, 0.6) is 0 Å². The molecule has 2 aromatic rings. The Bertz CT molecular complexity index is 893. The van der Waals surface area contributed by atoms with Crippen molar-refractivity contribution in [3.8, 4) is 0 Å². The van der Waals surface area contributed by atoms with E-state index in [4.69, 9.17) is 9.97 Å². The molecule has 2 saturated heterocycles. The van der Waals surface area contributed by atoms with Crippen molar-refractivity contribution in [1.29, 1.82) is 0 Å². The van der Waals surface area contributed by atoms with Crippen molar-refractivity contribution in [2.24, 2.45) is 5.92 Å². The van der Waals surface area contributed by atoms with Crippen molar-refractivity contribution in [2.75, 3.05) is 25.0 Å². The molecule has 3 N–H and O–H groups in total. The zero-order valence-corrected chi connectivity index (χ0v) is 17.7. The summed E-state index contributed by atoms with van der Waals surface area (Å²) >= 11 is 0.